The molecule has 104 valence electrons. The van der Waals surface area contributed by atoms with Gasteiger partial charge in [-0.1, -0.05) is 17.7 Å². The number of rotatable bonds is 3. The number of esters is 1. The van der Waals surface area contributed by atoms with Crippen molar-refractivity contribution in [2.75, 3.05) is 18.2 Å². The number of hydrogen-bond acceptors (Lipinski definition) is 5. The fraction of sp³-hybridized carbons (Fsp3) is 0.143. The lowest BCUT2D eigenvalue weighted by Gasteiger charge is -2.10. The van der Waals surface area contributed by atoms with Crippen LogP contribution in [0.1, 0.15) is 16.1 Å². The Bertz CT molecular complexity index is 659. The summed E-state index contributed by atoms with van der Waals surface area (Å²) >= 11 is 6.06. The van der Waals surface area contributed by atoms with Crippen LogP contribution >= 0.6 is 11.6 Å². The highest BCUT2D eigenvalue weighted by molar-refractivity contribution is 6.31. The number of nitrogen functional groups attached to an aromatic ring is 1. The van der Waals surface area contributed by atoms with Crippen LogP contribution in [0.4, 0.5) is 17.2 Å². The minimum Gasteiger partial charge on any atom is -0.464 e. The molecule has 0 aliphatic heterocycles. The molecule has 0 saturated carbocycles. The van der Waals surface area contributed by atoms with Crippen LogP contribution in [0.25, 0.3) is 0 Å². The minimum atomic E-state index is -0.519. The van der Waals surface area contributed by atoms with Gasteiger partial charge < -0.3 is 15.8 Å². The first-order chi connectivity index (χ1) is 9.51. The Morgan fingerprint density at radius 2 is 2.10 bits per heavy atom. The monoisotopic (exact) mass is 291 g/mol. The van der Waals surface area contributed by atoms with Crippen LogP contribution in [0, 0.1) is 6.92 Å². The second-order valence-electron chi connectivity index (χ2n) is 4.21. The smallest absolute Gasteiger partial charge is 0.356 e. The van der Waals surface area contributed by atoms with Gasteiger partial charge in [0.1, 0.15) is 0 Å². The highest BCUT2D eigenvalue weighted by Crippen LogP contribution is 2.25. The topological polar surface area (TPSA) is 77.2 Å². The standard InChI is InChI=1S/C14H14ClN3O2/c1-8-3-4-9(7-10(8)15)17-13-11(16)5-6-12(18-13)14(19)20-2/h3-7H,16H2,1-2H3,(H,17,18). The molecule has 0 aliphatic carbocycles. The molecule has 0 saturated heterocycles. The van der Waals surface area contributed by atoms with E-state index in [0.29, 0.717) is 16.5 Å². The number of ether oxygens (including phenoxy) is 1. The van der Waals surface area contributed by atoms with Gasteiger partial charge in [-0.25, -0.2) is 9.78 Å². The average molecular weight is 292 g/mol. The fourth-order valence-corrected chi connectivity index (χ4v) is 1.78. The van der Waals surface area contributed by atoms with Crippen LogP contribution < -0.4 is 11.1 Å². The average Bonchev–Trinajstić information content (AvgIpc) is 2.44. The zero-order chi connectivity index (χ0) is 14.7. The molecule has 5 nitrogen and oxygen atoms in total. The number of nitrogens with one attached hydrogen (secondary N) is 1. The molecule has 0 atom stereocenters. The number of carbonyl (C=O) groups excluding carboxylic acids is 1. The van der Waals surface area contributed by atoms with Gasteiger partial charge in [0.15, 0.2) is 11.5 Å². The van der Waals surface area contributed by atoms with Gasteiger partial charge >= 0.3 is 5.97 Å². The van der Waals surface area contributed by atoms with Crippen LogP contribution in [0.15, 0.2) is 30.3 Å². The van der Waals surface area contributed by atoms with Gasteiger partial charge in [0.05, 0.1) is 12.8 Å². The Kier molecular flexibility index (Phi) is 4.10. The maximum atomic E-state index is 11.5. The molecule has 0 bridgehead atoms. The van der Waals surface area contributed by atoms with Gasteiger partial charge in [0.2, 0.25) is 0 Å². The third-order valence-corrected chi connectivity index (χ3v) is 3.16. The quantitative estimate of drug-likeness (QED) is 0.850. The summed E-state index contributed by atoms with van der Waals surface area (Å²) < 4.78 is 4.63. The van der Waals surface area contributed by atoms with Gasteiger partial charge in [-0.2, -0.15) is 0 Å². The van der Waals surface area contributed by atoms with E-state index in [1.165, 1.54) is 13.2 Å². The molecule has 1 heterocycles. The molecule has 0 spiro atoms. The number of aromatic nitrogens is 1. The van der Waals surface area contributed by atoms with Crippen molar-refractivity contribution in [1.29, 1.82) is 0 Å². The van der Waals surface area contributed by atoms with Crippen LogP contribution in [-0.2, 0) is 4.74 Å². The molecule has 0 aliphatic rings. The molecule has 20 heavy (non-hydrogen) atoms. The zero-order valence-electron chi connectivity index (χ0n) is 11.1. The number of hydrogen-bond donors (Lipinski definition) is 2. The van der Waals surface area contributed by atoms with Gasteiger partial charge in [0, 0.05) is 10.7 Å². The first-order valence-corrected chi connectivity index (χ1v) is 6.27. The fourth-order valence-electron chi connectivity index (χ4n) is 1.60. The summed E-state index contributed by atoms with van der Waals surface area (Å²) in [5.41, 5.74) is 8.16. The Morgan fingerprint density at radius 1 is 1.35 bits per heavy atom. The lowest BCUT2D eigenvalue weighted by atomic mass is 10.2. The summed E-state index contributed by atoms with van der Waals surface area (Å²) in [6.45, 7) is 1.91. The molecule has 6 heteroatoms. The summed E-state index contributed by atoms with van der Waals surface area (Å²) in [5, 5.41) is 3.67. The summed E-state index contributed by atoms with van der Waals surface area (Å²) in [7, 11) is 1.30. The summed E-state index contributed by atoms with van der Waals surface area (Å²) in [6, 6.07) is 8.60. The number of aryl methyl sites for hydroxylation is 1. The number of carbonyl (C=O) groups is 1. The van der Waals surface area contributed by atoms with Gasteiger partial charge in [-0.05, 0) is 36.8 Å². The number of pyridine rings is 1. The zero-order valence-corrected chi connectivity index (χ0v) is 11.9. The van der Waals surface area contributed by atoms with E-state index in [4.69, 9.17) is 17.3 Å². The second kappa shape index (κ2) is 5.79. The Hall–Kier alpha value is -2.27. The predicted molar refractivity (Wildman–Crippen MR) is 79.5 cm³/mol. The van der Waals surface area contributed by atoms with Crippen LogP contribution in [-0.4, -0.2) is 18.1 Å². The molecular formula is C14H14ClN3O2. The Morgan fingerprint density at radius 3 is 2.75 bits per heavy atom. The number of benzene rings is 1. The number of nitrogens with zero attached hydrogens (tertiary/aromatic N) is 1. The number of methoxy groups -OCH3 is 1. The maximum Gasteiger partial charge on any atom is 0.356 e. The van der Waals surface area contributed by atoms with Crippen molar-refractivity contribution in [2.24, 2.45) is 0 Å². The largest absolute Gasteiger partial charge is 0.464 e. The summed E-state index contributed by atoms with van der Waals surface area (Å²) in [6.07, 6.45) is 0. The van der Waals surface area contributed by atoms with E-state index in [1.807, 2.05) is 19.1 Å². The Labute approximate surface area is 121 Å². The third kappa shape index (κ3) is 3.00. The molecule has 1 aromatic heterocycles. The number of anilines is 3. The molecule has 2 aromatic rings. The van der Waals surface area contributed by atoms with E-state index in [1.54, 1.807) is 12.1 Å². The SMILES string of the molecule is COC(=O)c1ccc(N)c(Nc2ccc(C)c(Cl)c2)n1. The molecule has 0 amide bonds. The highest BCUT2D eigenvalue weighted by atomic mass is 35.5. The van der Waals surface area contributed by atoms with Crippen molar-refractivity contribution >= 4 is 34.8 Å². The van der Waals surface area contributed by atoms with Crippen LogP contribution in [0.3, 0.4) is 0 Å². The first kappa shape index (κ1) is 14.1. The second-order valence-corrected chi connectivity index (χ2v) is 4.62. The van der Waals surface area contributed by atoms with E-state index in [2.05, 4.69) is 15.0 Å². The molecule has 1 aromatic carbocycles. The van der Waals surface area contributed by atoms with Crippen molar-refractivity contribution in [3.05, 3.63) is 46.6 Å². The first-order valence-electron chi connectivity index (χ1n) is 5.89. The van der Waals surface area contributed by atoms with Crippen molar-refractivity contribution < 1.29 is 9.53 Å². The van der Waals surface area contributed by atoms with E-state index in [0.717, 1.165) is 11.3 Å². The maximum absolute atomic E-state index is 11.5. The van der Waals surface area contributed by atoms with E-state index in [9.17, 15) is 4.79 Å². The van der Waals surface area contributed by atoms with Crippen LogP contribution in [0.2, 0.25) is 5.02 Å². The molecule has 3 N–H and O–H groups in total. The van der Waals surface area contributed by atoms with Crippen molar-refractivity contribution in [1.82, 2.24) is 4.98 Å². The van der Waals surface area contributed by atoms with E-state index < -0.39 is 5.97 Å². The van der Waals surface area contributed by atoms with Crippen molar-refractivity contribution in [3.8, 4) is 0 Å². The molecule has 0 fully saturated rings. The van der Waals surface area contributed by atoms with Gasteiger partial charge in [-0.15, -0.1) is 0 Å². The normalized spacial score (nSPS) is 10.2. The third-order valence-electron chi connectivity index (χ3n) is 2.76. The molecule has 2 rings (SSSR count). The number of nitrogens with two attached hydrogens (primary N) is 1. The van der Waals surface area contributed by atoms with Crippen molar-refractivity contribution in [2.45, 2.75) is 6.92 Å². The predicted octanol–water partition coefficient (Wildman–Crippen LogP) is 3.16. The summed E-state index contributed by atoms with van der Waals surface area (Å²) in [5.74, 6) is -0.136. The van der Waals surface area contributed by atoms with E-state index in [-0.39, 0.29) is 5.69 Å². The molecule has 0 unspecified atom stereocenters. The summed E-state index contributed by atoms with van der Waals surface area (Å²) in [4.78, 5) is 15.6. The number of halogens is 1. The van der Waals surface area contributed by atoms with Gasteiger partial charge in [-0.3, -0.25) is 0 Å². The van der Waals surface area contributed by atoms with Gasteiger partial charge in [0.25, 0.3) is 0 Å². The van der Waals surface area contributed by atoms with Crippen molar-refractivity contribution in [3.63, 3.8) is 0 Å². The molecule has 0 radical (unpaired) electrons. The van der Waals surface area contributed by atoms with E-state index >= 15 is 0 Å². The minimum absolute atomic E-state index is 0.183. The molecular weight excluding hydrogens is 278 g/mol. The highest BCUT2D eigenvalue weighted by Gasteiger charge is 2.10. The lowest BCUT2D eigenvalue weighted by Crippen LogP contribution is -2.07. The lowest BCUT2D eigenvalue weighted by molar-refractivity contribution is 0.0594. The van der Waals surface area contributed by atoms with Crippen LogP contribution in [0.5, 0.6) is 0 Å². The Balaban J connectivity index is 2.32.